The molecule has 3 N–H and O–H groups in total. The molecule has 1 aromatic carbocycles. The Balaban J connectivity index is 2.25. The molecule has 21 heavy (non-hydrogen) atoms. The standard InChI is InChI=1S/C15H16BrN3O2/c1-9(10-4-3-5-11(16)8-10)19-14-13(17)12(6-7-18-14)15(20)21-2/h3-9H,17H2,1-2H3,(H,18,19). The quantitative estimate of drug-likeness (QED) is 0.827. The largest absolute Gasteiger partial charge is 0.465 e. The number of nitrogens with two attached hydrogens (primary N) is 1. The summed E-state index contributed by atoms with van der Waals surface area (Å²) in [5, 5.41) is 3.21. The van der Waals surface area contributed by atoms with Crippen LogP contribution < -0.4 is 11.1 Å². The van der Waals surface area contributed by atoms with E-state index in [-0.39, 0.29) is 11.7 Å². The lowest BCUT2D eigenvalue weighted by atomic mass is 10.1. The third kappa shape index (κ3) is 3.52. The predicted octanol–water partition coefficient (Wildman–Crippen LogP) is 3.39. The maximum atomic E-state index is 11.6. The second-order valence-electron chi connectivity index (χ2n) is 4.53. The van der Waals surface area contributed by atoms with E-state index in [0.29, 0.717) is 11.4 Å². The van der Waals surface area contributed by atoms with E-state index < -0.39 is 5.97 Å². The molecule has 5 nitrogen and oxygen atoms in total. The third-order valence-electron chi connectivity index (χ3n) is 3.10. The Labute approximate surface area is 131 Å². The number of nitrogens with one attached hydrogen (secondary N) is 1. The number of methoxy groups -OCH3 is 1. The number of hydrogen-bond acceptors (Lipinski definition) is 5. The van der Waals surface area contributed by atoms with Gasteiger partial charge in [-0.2, -0.15) is 0 Å². The molecule has 0 aliphatic heterocycles. The molecule has 2 aromatic rings. The van der Waals surface area contributed by atoms with Crippen molar-refractivity contribution in [3.63, 3.8) is 0 Å². The molecule has 0 amide bonds. The highest BCUT2D eigenvalue weighted by Gasteiger charge is 2.15. The molecule has 0 spiro atoms. The highest BCUT2D eigenvalue weighted by Crippen LogP contribution is 2.26. The number of esters is 1. The van der Waals surface area contributed by atoms with Crippen LogP contribution in [0, 0.1) is 0 Å². The highest BCUT2D eigenvalue weighted by molar-refractivity contribution is 9.10. The molecule has 0 saturated heterocycles. The minimum Gasteiger partial charge on any atom is -0.465 e. The Hall–Kier alpha value is -2.08. The summed E-state index contributed by atoms with van der Waals surface area (Å²) in [6, 6.07) is 9.46. The van der Waals surface area contributed by atoms with Crippen LogP contribution in [0.4, 0.5) is 11.5 Å². The van der Waals surface area contributed by atoms with Gasteiger partial charge in [-0.05, 0) is 30.7 Å². The molecule has 0 aliphatic carbocycles. The van der Waals surface area contributed by atoms with Crippen molar-refractivity contribution in [2.75, 3.05) is 18.2 Å². The number of pyridine rings is 1. The fourth-order valence-corrected chi connectivity index (χ4v) is 2.36. The average molecular weight is 350 g/mol. The minimum absolute atomic E-state index is 0.00908. The minimum atomic E-state index is -0.479. The van der Waals surface area contributed by atoms with E-state index in [1.54, 1.807) is 0 Å². The van der Waals surface area contributed by atoms with Gasteiger partial charge >= 0.3 is 5.97 Å². The number of benzene rings is 1. The molecule has 0 radical (unpaired) electrons. The molecule has 1 aromatic heterocycles. The number of rotatable bonds is 4. The molecule has 1 unspecified atom stereocenters. The van der Waals surface area contributed by atoms with E-state index in [1.165, 1.54) is 19.4 Å². The van der Waals surface area contributed by atoms with Gasteiger partial charge in [0.25, 0.3) is 0 Å². The maximum Gasteiger partial charge on any atom is 0.340 e. The number of nitrogen functional groups attached to an aromatic ring is 1. The first-order chi connectivity index (χ1) is 10.0. The predicted molar refractivity (Wildman–Crippen MR) is 86.2 cm³/mol. The van der Waals surface area contributed by atoms with Crippen molar-refractivity contribution in [1.29, 1.82) is 0 Å². The monoisotopic (exact) mass is 349 g/mol. The van der Waals surface area contributed by atoms with E-state index >= 15 is 0 Å². The van der Waals surface area contributed by atoms with Gasteiger partial charge in [-0.1, -0.05) is 28.1 Å². The van der Waals surface area contributed by atoms with Crippen molar-refractivity contribution in [2.45, 2.75) is 13.0 Å². The molecular formula is C15H16BrN3O2. The van der Waals surface area contributed by atoms with Gasteiger partial charge in [-0.3, -0.25) is 0 Å². The number of ether oxygens (including phenoxy) is 1. The molecule has 1 atom stereocenters. The van der Waals surface area contributed by atoms with Crippen LogP contribution in [-0.4, -0.2) is 18.1 Å². The maximum absolute atomic E-state index is 11.6. The number of nitrogens with zero attached hydrogens (tertiary/aromatic N) is 1. The molecule has 0 bridgehead atoms. The number of hydrogen-bond donors (Lipinski definition) is 2. The number of carbonyl (C=O) groups is 1. The van der Waals surface area contributed by atoms with Gasteiger partial charge < -0.3 is 15.8 Å². The van der Waals surface area contributed by atoms with Crippen LogP contribution in [0.25, 0.3) is 0 Å². The van der Waals surface area contributed by atoms with Crippen molar-refractivity contribution >= 4 is 33.4 Å². The Morgan fingerprint density at radius 2 is 2.19 bits per heavy atom. The molecule has 110 valence electrons. The lowest BCUT2D eigenvalue weighted by Crippen LogP contribution is -2.13. The number of aromatic nitrogens is 1. The second-order valence-corrected chi connectivity index (χ2v) is 5.45. The van der Waals surface area contributed by atoms with E-state index in [2.05, 4.69) is 26.2 Å². The summed E-state index contributed by atoms with van der Waals surface area (Å²) in [4.78, 5) is 15.8. The van der Waals surface area contributed by atoms with Crippen LogP contribution >= 0.6 is 15.9 Å². The second kappa shape index (κ2) is 6.58. The van der Waals surface area contributed by atoms with Crippen LogP contribution in [0.3, 0.4) is 0 Å². The first-order valence-corrected chi connectivity index (χ1v) is 7.17. The highest BCUT2D eigenvalue weighted by atomic mass is 79.9. The van der Waals surface area contributed by atoms with Crippen molar-refractivity contribution in [3.8, 4) is 0 Å². The van der Waals surface area contributed by atoms with Crippen molar-refractivity contribution < 1.29 is 9.53 Å². The number of halogens is 1. The molecule has 1 heterocycles. The van der Waals surface area contributed by atoms with Crippen molar-refractivity contribution in [3.05, 3.63) is 52.1 Å². The summed E-state index contributed by atoms with van der Waals surface area (Å²) in [6.45, 7) is 1.99. The smallest absolute Gasteiger partial charge is 0.340 e. The summed E-state index contributed by atoms with van der Waals surface area (Å²) < 4.78 is 5.69. The molecule has 0 saturated carbocycles. The molecule has 0 aliphatic rings. The number of anilines is 2. The Kier molecular flexibility index (Phi) is 4.80. The molecule has 2 rings (SSSR count). The Morgan fingerprint density at radius 1 is 1.43 bits per heavy atom. The summed E-state index contributed by atoms with van der Waals surface area (Å²) in [7, 11) is 1.32. The lowest BCUT2D eigenvalue weighted by Gasteiger charge is -2.17. The van der Waals surface area contributed by atoms with Gasteiger partial charge in [0, 0.05) is 10.7 Å². The summed E-state index contributed by atoms with van der Waals surface area (Å²) >= 11 is 3.44. The lowest BCUT2D eigenvalue weighted by molar-refractivity contribution is 0.0602. The summed E-state index contributed by atoms with van der Waals surface area (Å²) in [5.74, 6) is -0.0153. The average Bonchev–Trinajstić information content (AvgIpc) is 2.48. The van der Waals surface area contributed by atoms with Crippen molar-refractivity contribution in [2.24, 2.45) is 0 Å². The van der Waals surface area contributed by atoms with Crippen LogP contribution in [-0.2, 0) is 4.74 Å². The van der Waals surface area contributed by atoms with Gasteiger partial charge in [0.1, 0.15) is 0 Å². The van der Waals surface area contributed by atoms with E-state index in [0.717, 1.165) is 10.0 Å². The zero-order valence-electron chi connectivity index (χ0n) is 11.8. The van der Waals surface area contributed by atoms with E-state index in [4.69, 9.17) is 10.5 Å². The normalized spacial score (nSPS) is 11.8. The van der Waals surface area contributed by atoms with Crippen LogP contribution in [0.2, 0.25) is 0 Å². The fourth-order valence-electron chi connectivity index (χ4n) is 1.94. The molecular weight excluding hydrogens is 334 g/mol. The molecule has 6 heteroatoms. The molecule has 0 fully saturated rings. The van der Waals surface area contributed by atoms with Crippen LogP contribution in [0.15, 0.2) is 41.0 Å². The van der Waals surface area contributed by atoms with Crippen LogP contribution in [0.1, 0.15) is 28.9 Å². The van der Waals surface area contributed by atoms with Gasteiger partial charge in [0.05, 0.1) is 24.4 Å². The summed E-state index contributed by atoms with van der Waals surface area (Å²) in [6.07, 6.45) is 1.53. The zero-order valence-corrected chi connectivity index (χ0v) is 13.3. The van der Waals surface area contributed by atoms with Gasteiger partial charge in [0.2, 0.25) is 0 Å². The summed E-state index contributed by atoms with van der Waals surface area (Å²) in [5.41, 5.74) is 7.64. The first kappa shape index (κ1) is 15.3. The topological polar surface area (TPSA) is 77.2 Å². The first-order valence-electron chi connectivity index (χ1n) is 6.37. The van der Waals surface area contributed by atoms with E-state index in [1.807, 2.05) is 31.2 Å². The Morgan fingerprint density at radius 3 is 2.86 bits per heavy atom. The van der Waals surface area contributed by atoms with Gasteiger partial charge in [0.15, 0.2) is 5.82 Å². The van der Waals surface area contributed by atoms with Crippen molar-refractivity contribution in [1.82, 2.24) is 4.98 Å². The SMILES string of the molecule is COC(=O)c1ccnc(NC(C)c2cccc(Br)c2)c1N. The van der Waals surface area contributed by atoms with Crippen LogP contribution in [0.5, 0.6) is 0 Å². The zero-order chi connectivity index (χ0) is 15.4. The van der Waals surface area contributed by atoms with Gasteiger partial charge in [-0.25, -0.2) is 9.78 Å². The fraction of sp³-hybridized carbons (Fsp3) is 0.200. The third-order valence-corrected chi connectivity index (χ3v) is 3.59. The van der Waals surface area contributed by atoms with E-state index in [9.17, 15) is 4.79 Å². The Bertz CT molecular complexity index is 661. The van der Waals surface area contributed by atoms with Gasteiger partial charge in [-0.15, -0.1) is 0 Å². The number of carbonyl (C=O) groups excluding carboxylic acids is 1.